The third kappa shape index (κ3) is 3.72. The fourth-order valence-corrected chi connectivity index (χ4v) is 3.58. The predicted octanol–water partition coefficient (Wildman–Crippen LogP) is 5.92. The van der Waals surface area contributed by atoms with Gasteiger partial charge in [-0.25, -0.2) is 0 Å². The molecule has 0 N–H and O–H groups in total. The topological polar surface area (TPSA) is 44.8 Å². The number of hydrogen-bond donors (Lipinski definition) is 0. The van der Waals surface area contributed by atoms with Gasteiger partial charge in [-0.05, 0) is 46.2 Å². The van der Waals surface area contributed by atoms with E-state index in [-0.39, 0.29) is 0 Å². The van der Waals surface area contributed by atoms with Gasteiger partial charge in [0, 0.05) is 11.1 Å². The molecule has 0 saturated carbocycles. The summed E-state index contributed by atoms with van der Waals surface area (Å²) in [6.07, 6.45) is 0.858. The van der Waals surface area contributed by atoms with E-state index in [1.54, 1.807) is 26.4 Å². The lowest BCUT2D eigenvalue weighted by atomic mass is 9.94. The van der Waals surface area contributed by atoms with Gasteiger partial charge in [-0.15, -0.1) is 0 Å². The first-order valence-electron chi connectivity index (χ1n) is 9.65. The predicted molar refractivity (Wildman–Crippen MR) is 119 cm³/mol. The van der Waals surface area contributed by atoms with Crippen molar-refractivity contribution in [3.05, 3.63) is 90.0 Å². The monoisotopic (exact) mass is 398 g/mol. The van der Waals surface area contributed by atoms with Crippen LogP contribution >= 0.6 is 0 Å². The molecule has 0 atom stereocenters. The summed E-state index contributed by atoms with van der Waals surface area (Å²) in [6.45, 7) is 0.334. The van der Waals surface area contributed by atoms with Crippen LogP contribution in [0.1, 0.15) is 15.9 Å². The Morgan fingerprint density at radius 3 is 2.30 bits per heavy atom. The number of methoxy groups -OCH3 is 2. The maximum atomic E-state index is 11.9. The lowest BCUT2D eigenvalue weighted by molar-refractivity contribution is 0.112. The number of benzene rings is 4. The molecule has 0 bridgehead atoms. The van der Waals surface area contributed by atoms with Crippen molar-refractivity contribution in [3.8, 4) is 28.4 Å². The lowest BCUT2D eigenvalue weighted by Crippen LogP contribution is -2.02. The van der Waals surface area contributed by atoms with E-state index in [9.17, 15) is 4.79 Å². The first-order valence-corrected chi connectivity index (χ1v) is 9.65. The van der Waals surface area contributed by atoms with Gasteiger partial charge in [-0.3, -0.25) is 4.79 Å². The minimum absolute atomic E-state index is 0.334. The average molecular weight is 398 g/mol. The standard InChI is InChI=1S/C26H22O4/c1-28-21-13-10-18(11-14-21)17-30-26-24(29-2)15-12-20(16-27)25(26)23-9-5-7-19-6-3-4-8-22(19)23/h3-16H,17H2,1-2H3. The highest BCUT2D eigenvalue weighted by atomic mass is 16.5. The molecule has 0 aliphatic rings. The van der Waals surface area contributed by atoms with Gasteiger partial charge in [-0.2, -0.15) is 0 Å². The zero-order chi connectivity index (χ0) is 20.9. The Morgan fingerprint density at radius 2 is 1.57 bits per heavy atom. The molecule has 0 heterocycles. The minimum Gasteiger partial charge on any atom is -0.497 e. The van der Waals surface area contributed by atoms with Crippen molar-refractivity contribution in [1.29, 1.82) is 0 Å². The average Bonchev–Trinajstić information content (AvgIpc) is 2.82. The van der Waals surface area contributed by atoms with Gasteiger partial charge in [0.05, 0.1) is 14.2 Å². The summed E-state index contributed by atoms with van der Waals surface area (Å²) < 4.78 is 17.0. The van der Waals surface area contributed by atoms with Crippen molar-refractivity contribution >= 4 is 17.1 Å². The third-order valence-corrected chi connectivity index (χ3v) is 5.10. The van der Waals surface area contributed by atoms with Crippen molar-refractivity contribution in [2.45, 2.75) is 6.61 Å². The number of carbonyl (C=O) groups excluding carboxylic acids is 1. The number of ether oxygens (including phenoxy) is 3. The molecule has 150 valence electrons. The van der Waals surface area contributed by atoms with Gasteiger partial charge in [0.2, 0.25) is 0 Å². The van der Waals surface area contributed by atoms with Crippen LogP contribution in [0.3, 0.4) is 0 Å². The van der Waals surface area contributed by atoms with Gasteiger partial charge >= 0.3 is 0 Å². The zero-order valence-electron chi connectivity index (χ0n) is 16.9. The molecule has 0 radical (unpaired) electrons. The second-order valence-electron chi connectivity index (χ2n) is 6.84. The number of carbonyl (C=O) groups is 1. The van der Waals surface area contributed by atoms with Crippen molar-refractivity contribution in [3.63, 3.8) is 0 Å². The summed E-state index contributed by atoms with van der Waals surface area (Å²) >= 11 is 0. The van der Waals surface area contributed by atoms with E-state index in [4.69, 9.17) is 14.2 Å². The Morgan fingerprint density at radius 1 is 0.800 bits per heavy atom. The van der Waals surface area contributed by atoms with E-state index in [1.165, 1.54) is 0 Å². The lowest BCUT2D eigenvalue weighted by Gasteiger charge is -2.18. The Kier molecular flexibility index (Phi) is 5.66. The van der Waals surface area contributed by atoms with Gasteiger partial charge in [0.25, 0.3) is 0 Å². The van der Waals surface area contributed by atoms with Crippen LogP contribution in [0, 0.1) is 0 Å². The van der Waals surface area contributed by atoms with E-state index in [2.05, 4.69) is 12.1 Å². The largest absolute Gasteiger partial charge is 0.497 e. The van der Waals surface area contributed by atoms with Crippen LogP contribution < -0.4 is 14.2 Å². The molecule has 0 saturated heterocycles. The van der Waals surface area contributed by atoms with Crippen LogP contribution in [0.25, 0.3) is 21.9 Å². The fraction of sp³-hybridized carbons (Fsp3) is 0.115. The highest BCUT2D eigenvalue weighted by molar-refractivity contribution is 6.03. The van der Waals surface area contributed by atoms with Gasteiger partial charge in [0.1, 0.15) is 12.4 Å². The fourth-order valence-electron chi connectivity index (χ4n) is 3.58. The summed E-state index contributed by atoms with van der Waals surface area (Å²) in [5.74, 6) is 1.92. The third-order valence-electron chi connectivity index (χ3n) is 5.10. The quantitative estimate of drug-likeness (QED) is 0.363. The number of aldehydes is 1. The second-order valence-corrected chi connectivity index (χ2v) is 6.84. The van der Waals surface area contributed by atoms with Gasteiger partial charge in [0.15, 0.2) is 17.8 Å². The molecule has 4 aromatic carbocycles. The summed E-state index contributed by atoms with van der Waals surface area (Å²) in [5, 5.41) is 2.14. The van der Waals surface area contributed by atoms with Crippen LogP contribution in [-0.4, -0.2) is 20.5 Å². The Labute approximate surface area is 175 Å². The molecule has 0 spiro atoms. The summed E-state index contributed by atoms with van der Waals surface area (Å²) in [5.41, 5.74) is 3.20. The molecular weight excluding hydrogens is 376 g/mol. The summed E-state index contributed by atoms with van der Waals surface area (Å²) in [6, 6.07) is 25.4. The van der Waals surface area contributed by atoms with Gasteiger partial charge in [-0.1, -0.05) is 54.6 Å². The summed E-state index contributed by atoms with van der Waals surface area (Å²) in [7, 11) is 3.24. The van der Waals surface area contributed by atoms with E-state index >= 15 is 0 Å². The van der Waals surface area contributed by atoms with Crippen LogP contribution in [-0.2, 0) is 6.61 Å². The van der Waals surface area contributed by atoms with E-state index in [1.807, 2.05) is 54.6 Å². The smallest absolute Gasteiger partial charge is 0.170 e. The Balaban J connectivity index is 1.83. The highest BCUT2D eigenvalue weighted by Crippen LogP contribution is 2.43. The van der Waals surface area contributed by atoms with Crippen LogP contribution in [0.4, 0.5) is 0 Å². The number of fused-ring (bicyclic) bond motifs is 1. The van der Waals surface area contributed by atoms with Crippen molar-refractivity contribution in [2.24, 2.45) is 0 Å². The number of hydrogen-bond acceptors (Lipinski definition) is 4. The van der Waals surface area contributed by atoms with Crippen LogP contribution in [0.15, 0.2) is 78.9 Å². The molecule has 0 fully saturated rings. The Hall–Kier alpha value is -3.79. The SMILES string of the molecule is COc1ccc(COc2c(OC)ccc(C=O)c2-c2cccc3ccccc23)cc1. The molecule has 4 heteroatoms. The molecule has 0 aliphatic heterocycles. The zero-order valence-corrected chi connectivity index (χ0v) is 16.9. The van der Waals surface area contributed by atoms with E-state index in [0.29, 0.717) is 23.7 Å². The van der Waals surface area contributed by atoms with Crippen LogP contribution in [0.2, 0.25) is 0 Å². The van der Waals surface area contributed by atoms with Crippen molar-refractivity contribution < 1.29 is 19.0 Å². The molecular formula is C26H22O4. The normalized spacial score (nSPS) is 10.6. The van der Waals surface area contributed by atoms with E-state index in [0.717, 1.165) is 39.5 Å². The molecule has 4 nitrogen and oxygen atoms in total. The minimum atomic E-state index is 0.334. The molecule has 0 aliphatic carbocycles. The second kappa shape index (κ2) is 8.70. The first kappa shape index (κ1) is 19.5. The first-order chi connectivity index (χ1) is 14.7. The molecule has 4 aromatic rings. The number of rotatable bonds is 7. The maximum absolute atomic E-state index is 11.9. The maximum Gasteiger partial charge on any atom is 0.170 e. The molecule has 30 heavy (non-hydrogen) atoms. The molecule has 0 unspecified atom stereocenters. The van der Waals surface area contributed by atoms with Crippen LogP contribution in [0.5, 0.6) is 17.2 Å². The molecule has 0 aromatic heterocycles. The van der Waals surface area contributed by atoms with E-state index < -0.39 is 0 Å². The van der Waals surface area contributed by atoms with Gasteiger partial charge < -0.3 is 14.2 Å². The van der Waals surface area contributed by atoms with Crippen molar-refractivity contribution in [2.75, 3.05) is 14.2 Å². The summed E-state index contributed by atoms with van der Waals surface area (Å²) in [4.78, 5) is 11.9. The molecule has 4 rings (SSSR count). The van der Waals surface area contributed by atoms with Crippen molar-refractivity contribution in [1.82, 2.24) is 0 Å². The highest BCUT2D eigenvalue weighted by Gasteiger charge is 2.19. The Bertz CT molecular complexity index is 1170. The molecule has 0 amide bonds.